The maximum absolute atomic E-state index is 9.56. The summed E-state index contributed by atoms with van der Waals surface area (Å²) in [6.45, 7) is 0.441. The van der Waals surface area contributed by atoms with E-state index in [-0.39, 0.29) is 0 Å². The number of hydrogen-bond acceptors (Lipinski definition) is 3. The molecular formula is C23H17Cl2NO2. The number of benzene rings is 3. The van der Waals surface area contributed by atoms with E-state index in [1.807, 2.05) is 48.5 Å². The molecule has 0 heterocycles. The molecule has 0 aliphatic rings. The first-order valence-electron chi connectivity index (χ1n) is 8.52. The van der Waals surface area contributed by atoms with Crippen LogP contribution in [-0.4, -0.2) is 7.11 Å². The van der Waals surface area contributed by atoms with Gasteiger partial charge in [-0.15, -0.1) is 0 Å². The highest BCUT2D eigenvalue weighted by Crippen LogP contribution is 2.32. The zero-order chi connectivity index (χ0) is 19.9. The summed E-state index contributed by atoms with van der Waals surface area (Å²) in [4.78, 5) is 0. The number of ether oxygens (including phenoxy) is 2. The standard InChI is InChI=1S/C23H17Cl2NO2/c1-27-23-12-17(7-10-22(23)28-15-16-5-3-2-4-6-16)11-18(14-26)20-9-8-19(24)13-21(20)25/h2-13H,15H2,1H3/b18-11+. The molecular weight excluding hydrogens is 393 g/mol. The Bertz CT molecular complexity index is 1040. The maximum Gasteiger partial charge on any atom is 0.161 e. The molecule has 3 nitrogen and oxygen atoms in total. The van der Waals surface area contributed by atoms with Gasteiger partial charge in [-0.3, -0.25) is 0 Å². The second-order valence-electron chi connectivity index (χ2n) is 5.98. The lowest BCUT2D eigenvalue weighted by Crippen LogP contribution is -1.97. The highest BCUT2D eigenvalue weighted by Gasteiger charge is 2.10. The molecule has 0 saturated carbocycles. The van der Waals surface area contributed by atoms with Crippen LogP contribution >= 0.6 is 23.2 Å². The van der Waals surface area contributed by atoms with Gasteiger partial charge in [0.05, 0.1) is 23.8 Å². The molecule has 0 saturated heterocycles. The molecule has 0 unspecified atom stereocenters. The summed E-state index contributed by atoms with van der Waals surface area (Å²) in [6, 6.07) is 22.6. The molecule has 0 aromatic heterocycles. The zero-order valence-electron chi connectivity index (χ0n) is 15.2. The lowest BCUT2D eigenvalue weighted by atomic mass is 10.0. The minimum Gasteiger partial charge on any atom is -0.493 e. The number of halogens is 2. The van der Waals surface area contributed by atoms with Crippen molar-refractivity contribution in [3.63, 3.8) is 0 Å². The summed E-state index contributed by atoms with van der Waals surface area (Å²) in [6.07, 6.45) is 1.75. The van der Waals surface area contributed by atoms with E-state index < -0.39 is 0 Å². The van der Waals surface area contributed by atoms with Crippen LogP contribution in [0.5, 0.6) is 11.5 Å². The quantitative estimate of drug-likeness (QED) is 0.338. The summed E-state index contributed by atoms with van der Waals surface area (Å²) in [5.74, 6) is 1.22. The van der Waals surface area contributed by atoms with Gasteiger partial charge in [-0.05, 0) is 41.5 Å². The first kappa shape index (κ1) is 19.8. The zero-order valence-corrected chi connectivity index (χ0v) is 16.7. The molecule has 5 heteroatoms. The van der Waals surface area contributed by atoms with Gasteiger partial charge in [0.1, 0.15) is 6.61 Å². The fraction of sp³-hybridized carbons (Fsp3) is 0.0870. The first-order valence-corrected chi connectivity index (χ1v) is 9.28. The van der Waals surface area contributed by atoms with Gasteiger partial charge in [-0.1, -0.05) is 65.7 Å². The van der Waals surface area contributed by atoms with Gasteiger partial charge in [-0.2, -0.15) is 5.26 Å². The van der Waals surface area contributed by atoms with Crippen LogP contribution in [0.3, 0.4) is 0 Å². The number of allylic oxidation sites excluding steroid dienone is 1. The van der Waals surface area contributed by atoms with Gasteiger partial charge in [-0.25, -0.2) is 0 Å². The summed E-state index contributed by atoms with van der Waals surface area (Å²) < 4.78 is 11.3. The van der Waals surface area contributed by atoms with Crippen molar-refractivity contribution in [1.29, 1.82) is 5.26 Å². The third-order valence-electron chi connectivity index (χ3n) is 4.08. The average molecular weight is 410 g/mol. The summed E-state index contributed by atoms with van der Waals surface area (Å²) >= 11 is 12.2. The SMILES string of the molecule is COc1cc(/C=C(\C#N)c2ccc(Cl)cc2Cl)ccc1OCc1ccccc1. The van der Waals surface area contributed by atoms with Crippen molar-refractivity contribution in [2.75, 3.05) is 7.11 Å². The Morgan fingerprint density at radius 3 is 2.46 bits per heavy atom. The fourth-order valence-electron chi connectivity index (χ4n) is 2.67. The second kappa shape index (κ2) is 9.32. The molecule has 0 atom stereocenters. The van der Waals surface area contributed by atoms with E-state index in [0.29, 0.717) is 39.3 Å². The van der Waals surface area contributed by atoms with Crippen LogP contribution in [0.25, 0.3) is 11.6 Å². The Balaban J connectivity index is 1.86. The smallest absolute Gasteiger partial charge is 0.161 e. The predicted octanol–water partition coefficient (Wildman–Crippen LogP) is 6.65. The highest BCUT2D eigenvalue weighted by molar-refractivity contribution is 6.36. The summed E-state index contributed by atoms with van der Waals surface area (Å²) in [7, 11) is 1.58. The molecule has 3 aromatic carbocycles. The normalized spacial score (nSPS) is 11.0. The maximum atomic E-state index is 9.56. The van der Waals surface area contributed by atoms with Crippen molar-refractivity contribution in [2.45, 2.75) is 6.61 Å². The molecule has 0 amide bonds. The molecule has 28 heavy (non-hydrogen) atoms. The third kappa shape index (κ3) is 4.86. The van der Waals surface area contributed by atoms with Crippen molar-refractivity contribution in [3.05, 3.63) is 93.5 Å². The topological polar surface area (TPSA) is 42.2 Å². The molecule has 140 valence electrons. The number of hydrogen-bond donors (Lipinski definition) is 0. The van der Waals surface area contributed by atoms with E-state index in [9.17, 15) is 5.26 Å². The van der Waals surface area contributed by atoms with Crippen molar-refractivity contribution in [2.24, 2.45) is 0 Å². The van der Waals surface area contributed by atoms with Gasteiger partial charge < -0.3 is 9.47 Å². The van der Waals surface area contributed by atoms with Crippen molar-refractivity contribution in [3.8, 4) is 17.6 Å². The summed E-state index contributed by atoms with van der Waals surface area (Å²) in [5, 5.41) is 10.5. The molecule has 0 aliphatic carbocycles. The third-order valence-corrected chi connectivity index (χ3v) is 4.63. The number of nitriles is 1. The van der Waals surface area contributed by atoms with E-state index in [2.05, 4.69) is 6.07 Å². The monoisotopic (exact) mass is 409 g/mol. The van der Waals surface area contributed by atoms with Gasteiger partial charge in [0.25, 0.3) is 0 Å². The average Bonchev–Trinajstić information content (AvgIpc) is 2.72. The number of nitrogens with zero attached hydrogens (tertiary/aromatic N) is 1. The van der Waals surface area contributed by atoms with Gasteiger partial charge >= 0.3 is 0 Å². The van der Waals surface area contributed by atoms with Crippen LogP contribution in [0.1, 0.15) is 16.7 Å². The van der Waals surface area contributed by atoms with E-state index in [1.165, 1.54) is 0 Å². The molecule has 0 N–H and O–H groups in total. The number of methoxy groups -OCH3 is 1. The number of rotatable bonds is 6. The van der Waals surface area contributed by atoms with E-state index in [4.69, 9.17) is 32.7 Å². The Morgan fingerprint density at radius 2 is 1.79 bits per heavy atom. The van der Waals surface area contributed by atoms with Crippen molar-refractivity contribution in [1.82, 2.24) is 0 Å². The Labute approximate surface area is 174 Å². The van der Waals surface area contributed by atoms with Gasteiger partial charge in [0.2, 0.25) is 0 Å². The second-order valence-corrected chi connectivity index (χ2v) is 6.82. The van der Waals surface area contributed by atoms with Crippen LogP contribution in [0.4, 0.5) is 0 Å². The predicted molar refractivity (Wildman–Crippen MR) is 114 cm³/mol. The Morgan fingerprint density at radius 1 is 1.00 bits per heavy atom. The van der Waals surface area contributed by atoms with Crippen LogP contribution in [0, 0.1) is 11.3 Å². The van der Waals surface area contributed by atoms with E-state index in [0.717, 1.165) is 11.1 Å². The van der Waals surface area contributed by atoms with E-state index >= 15 is 0 Å². The van der Waals surface area contributed by atoms with Crippen molar-refractivity contribution >= 4 is 34.9 Å². The molecule has 3 aromatic rings. The van der Waals surface area contributed by atoms with Gasteiger partial charge in [0, 0.05) is 10.6 Å². The Hall–Kier alpha value is -2.93. The molecule has 0 spiro atoms. The molecule has 0 fully saturated rings. The minimum absolute atomic E-state index is 0.426. The lowest BCUT2D eigenvalue weighted by Gasteiger charge is -2.12. The van der Waals surface area contributed by atoms with Crippen LogP contribution in [0.15, 0.2) is 66.7 Å². The minimum atomic E-state index is 0.426. The summed E-state index contributed by atoms with van der Waals surface area (Å²) in [5.41, 5.74) is 2.92. The van der Waals surface area contributed by atoms with Crippen LogP contribution < -0.4 is 9.47 Å². The van der Waals surface area contributed by atoms with Gasteiger partial charge in [0.15, 0.2) is 11.5 Å². The molecule has 0 bridgehead atoms. The molecule has 0 radical (unpaired) electrons. The van der Waals surface area contributed by atoms with Crippen LogP contribution in [-0.2, 0) is 6.61 Å². The lowest BCUT2D eigenvalue weighted by molar-refractivity contribution is 0.284. The Kier molecular flexibility index (Phi) is 6.60. The molecule has 3 rings (SSSR count). The highest BCUT2D eigenvalue weighted by atomic mass is 35.5. The molecule has 0 aliphatic heterocycles. The fourth-order valence-corrected chi connectivity index (χ4v) is 3.18. The van der Waals surface area contributed by atoms with Crippen LogP contribution in [0.2, 0.25) is 10.0 Å². The van der Waals surface area contributed by atoms with E-state index in [1.54, 1.807) is 31.4 Å². The van der Waals surface area contributed by atoms with Crippen molar-refractivity contribution < 1.29 is 9.47 Å². The first-order chi connectivity index (χ1) is 13.6. The largest absolute Gasteiger partial charge is 0.493 e.